The van der Waals surface area contributed by atoms with Gasteiger partial charge in [0.25, 0.3) is 0 Å². The van der Waals surface area contributed by atoms with E-state index in [1.165, 1.54) is 89.9 Å². The summed E-state index contributed by atoms with van der Waals surface area (Å²) in [6.45, 7) is 7.56. The number of unbranched alkanes of at least 4 members (excludes halogenated alkanes) is 22. The molecule has 0 aliphatic rings. The number of rotatable bonds is 47. The Labute approximate surface area is 384 Å². The first-order valence-electron chi connectivity index (χ1n) is 26.1. The second kappa shape index (κ2) is 52.4. The molecule has 0 fully saturated rings. The minimum absolute atomic E-state index is 0.0590. The highest BCUT2D eigenvalue weighted by molar-refractivity contribution is 5.70. The van der Waals surface area contributed by atoms with E-state index in [1.54, 1.807) is 0 Å². The van der Waals surface area contributed by atoms with Crippen LogP contribution in [0.3, 0.4) is 0 Å². The Morgan fingerprint density at radius 1 is 0.371 bits per heavy atom. The van der Waals surface area contributed by atoms with E-state index in [-0.39, 0.29) is 25.2 Å². The van der Waals surface area contributed by atoms with Crippen LogP contribution in [0.15, 0.2) is 85.1 Å². The van der Waals surface area contributed by atoms with E-state index < -0.39 is 6.10 Å². The summed E-state index contributed by atoms with van der Waals surface area (Å²) in [4.78, 5) is 25.4. The molecule has 0 aliphatic heterocycles. The highest BCUT2D eigenvalue weighted by atomic mass is 16.6. The van der Waals surface area contributed by atoms with Crippen LogP contribution in [0, 0.1) is 0 Å². The van der Waals surface area contributed by atoms with Crippen molar-refractivity contribution in [1.82, 2.24) is 0 Å². The lowest BCUT2D eigenvalue weighted by Gasteiger charge is -2.18. The van der Waals surface area contributed by atoms with Gasteiger partial charge in [0.1, 0.15) is 6.61 Å². The van der Waals surface area contributed by atoms with Crippen molar-refractivity contribution in [2.75, 3.05) is 19.8 Å². The molecule has 0 radical (unpaired) electrons. The third-order valence-corrected chi connectivity index (χ3v) is 10.9. The average Bonchev–Trinajstić information content (AvgIpc) is 3.27. The minimum Gasteiger partial charge on any atom is -0.462 e. The van der Waals surface area contributed by atoms with Crippen molar-refractivity contribution >= 4 is 11.9 Å². The van der Waals surface area contributed by atoms with E-state index >= 15 is 0 Å². The average molecular weight is 863 g/mol. The van der Waals surface area contributed by atoms with E-state index in [4.69, 9.17) is 14.2 Å². The van der Waals surface area contributed by atoms with Gasteiger partial charge in [0.15, 0.2) is 6.10 Å². The lowest BCUT2D eigenvalue weighted by Crippen LogP contribution is -2.30. The van der Waals surface area contributed by atoms with Crippen LogP contribution in [0.5, 0.6) is 0 Å². The molecule has 0 bridgehead atoms. The monoisotopic (exact) mass is 863 g/mol. The summed E-state index contributed by atoms with van der Waals surface area (Å²) in [6.07, 6.45) is 68.8. The second-order valence-electron chi connectivity index (χ2n) is 17.0. The van der Waals surface area contributed by atoms with E-state index in [9.17, 15) is 9.59 Å². The Morgan fingerprint density at radius 3 is 1.18 bits per heavy atom. The largest absolute Gasteiger partial charge is 0.462 e. The molecule has 0 amide bonds. The molecule has 62 heavy (non-hydrogen) atoms. The van der Waals surface area contributed by atoms with Crippen LogP contribution in [-0.2, 0) is 23.8 Å². The maximum absolute atomic E-state index is 12.8. The summed E-state index contributed by atoms with van der Waals surface area (Å²) in [5, 5.41) is 0. The molecule has 0 aliphatic carbocycles. The number of hydrogen-bond donors (Lipinski definition) is 0. The Bertz CT molecular complexity index is 1160. The Hall–Kier alpha value is -2.92. The van der Waals surface area contributed by atoms with Crippen LogP contribution in [0.2, 0.25) is 0 Å². The molecule has 0 rings (SSSR count). The first-order valence-corrected chi connectivity index (χ1v) is 26.1. The van der Waals surface area contributed by atoms with E-state index in [1.807, 2.05) is 0 Å². The summed E-state index contributed by atoms with van der Waals surface area (Å²) in [7, 11) is 0. The SMILES string of the molecule is CC/C=C\C/C=C\C/C=C\C/C=C\CCCCCCC(=O)OCC(COCCCCCCCCCCCCCCCCCC)OC(=O)CCCCC/C=C\C/C=C\C/C=C\CC. The van der Waals surface area contributed by atoms with Crippen LogP contribution >= 0.6 is 0 Å². The molecule has 0 heterocycles. The van der Waals surface area contributed by atoms with Gasteiger partial charge in [-0.1, -0.05) is 221 Å². The van der Waals surface area contributed by atoms with Crippen molar-refractivity contribution in [2.45, 2.75) is 245 Å². The lowest BCUT2D eigenvalue weighted by molar-refractivity contribution is -0.163. The van der Waals surface area contributed by atoms with Gasteiger partial charge in [-0.2, -0.15) is 0 Å². The molecule has 5 heteroatoms. The summed E-state index contributed by atoms with van der Waals surface area (Å²) in [6, 6.07) is 0. The Balaban J connectivity index is 4.33. The van der Waals surface area contributed by atoms with Gasteiger partial charge in [0.2, 0.25) is 0 Å². The fourth-order valence-corrected chi connectivity index (χ4v) is 7.10. The maximum atomic E-state index is 12.8. The summed E-state index contributed by atoms with van der Waals surface area (Å²) >= 11 is 0. The molecule has 0 saturated carbocycles. The van der Waals surface area contributed by atoms with Crippen molar-refractivity contribution in [3.05, 3.63) is 85.1 Å². The first-order chi connectivity index (χ1) is 30.6. The number of ether oxygens (including phenoxy) is 3. The molecule has 0 spiro atoms. The van der Waals surface area contributed by atoms with Gasteiger partial charge in [-0.25, -0.2) is 0 Å². The molecule has 356 valence electrons. The molecule has 1 unspecified atom stereocenters. The van der Waals surface area contributed by atoms with E-state index in [0.717, 1.165) is 116 Å². The number of hydrogen-bond acceptors (Lipinski definition) is 5. The third-order valence-electron chi connectivity index (χ3n) is 10.9. The number of esters is 2. The lowest BCUT2D eigenvalue weighted by atomic mass is 10.0. The molecule has 0 N–H and O–H groups in total. The second-order valence-corrected chi connectivity index (χ2v) is 17.0. The van der Waals surface area contributed by atoms with Crippen molar-refractivity contribution < 1.29 is 23.8 Å². The Kier molecular flexibility index (Phi) is 50.0. The van der Waals surface area contributed by atoms with Crippen LogP contribution in [-0.4, -0.2) is 37.9 Å². The number of carbonyl (C=O) groups excluding carboxylic acids is 2. The third kappa shape index (κ3) is 49.7. The summed E-state index contributed by atoms with van der Waals surface area (Å²) in [5.74, 6) is -0.456. The number of carbonyl (C=O) groups is 2. The zero-order chi connectivity index (χ0) is 44.9. The molecule has 1 atom stereocenters. The van der Waals surface area contributed by atoms with Crippen molar-refractivity contribution in [1.29, 1.82) is 0 Å². The Morgan fingerprint density at radius 2 is 0.726 bits per heavy atom. The fraction of sp³-hybridized carbons (Fsp3) is 0.719. The van der Waals surface area contributed by atoms with Crippen molar-refractivity contribution in [3.63, 3.8) is 0 Å². The highest BCUT2D eigenvalue weighted by Gasteiger charge is 2.17. The van der Waals surface area contributed by atoms with Crippen LogP contribution in [0.1, 0.15) is 239 Å². The number of allylic oxidation sites excluding steroid dienone is 14. The van der Waals surface area contributed by atoms with Gasteiger partial charge in [-0.05, 0) is 89.9 Å². The van der Waals surface area contributed by atoms with Gasteiger partial charge in [0.05, 0.1) is 6.61 Å². The highest BCUT2D eigenvalue weighted by Crippen LogP contribution is 2.15. The zero-order valence-electron chi connectivity index (χ0n) is 40.9. The molecule has 5 nitrogen and oxygen atoms in total. The minimum atomic E-state index is -0.563. The molecule has 0 aromatic heterocycles. The maximum Gasteiger partial charge on any atom is 0.306 e. The van der Waals surface area contributed by atoms with E-state index in [0.29, 0.717) is 19.4 Å². The van der Waals surface area contributed by atoms with Gasteiger partial charge in [0, 0.05) is 19.4 Å². The van der Waals surface area contributed by atoms with Gasteiger partial charge >= 0.3 is 11.9 Å². The van der Waals surface area contributed by atoms with Crippen molar-refractivity contribution in [3.8, 4) is 0 Å². The van der Waals surface area contributed by atoms with Gasteiger partial charge in [-0.3, -0.25) is 9.59 Å². The zero-order valence-corrected chi connectivity index (χ0v) is 40.9. The first kappa shape index (κ1) is 59.1. The molecule has 0 aromatic carbocycles. The van der Waals surface area contributed by atoms with Crippen molar-refractivity contribution in [2.24, 2.45) is 0 Å². The molecule has 0 aromatic rings. The fourth-order valence-electron chi connectivity index (χ4n) is 7.10. The summed E-state index contributed by atoms with van der Waals surface area (Å²) in [5.41, 5.74) is 0. The predicted octanol–water partition coefficient (Wildman–Crippen LogP) is 17.7. The van der Waals surface area contributed by atoms with E-state index in [2.05, 4.69) is 106 Å². The van der Waals surface area contributed by atoms with Gasteiger partial charge < -0.3 is 14.2 Å². The normalized spacial score (nSPS) is 12.9. The predicted molar refractivity (Wildman–Crippen MR) is 270 cm³/mol. The smallest absolute Gasteiger partial charge is 0.306 e. The molecule has 0 saturated heterocycles. The molecular weight excluding hydrogens is 765 g/mol. The molecular formula is C57H98O5. The summed E-state index contributed by atoms with van der Waals surface area (Å²) < 4.78 is 17.4. The van der Waals surface area contributed by atoms with Crippen LogP contribution in [0.25, 0.3) is 0 Å². The topological polar surface area (TPSA) is 61.8 Å². The van der Waals surface area contributed by atoms with Crippen LogP contribution in [0.4, 0.5) is 0 Å². The quantitative estimate of drug-likeness (QED) is 0.0346. The van der Waals surface area contributed by atoms with Crippen LogP contribution < -0.4 is 0 Å². The van der Waals surface area contributed by atoms with Gasteiger partial charge in [-0.15, -0.1) is 0 Å². The standard InChI is InChI=1S/C57H98O5/c1-4-7-10-13-16-19-22-25-27-29-30-33-35-38-41-44-47-50-56(58)61-54-55(62-57(59)51-48-45-42-39-36-32-24-21-18-15-12-9-6-3)53-60-52-49-46-43-40-37-34-31-28-26-23-20-17-14-11-8-5-2/h7,9-10,12,16,18-19,21,25,27,30,32-33,36,55H,4-6,8,11,13-15,17,20,22-24,26,28-29,31,34-35,37-54H2,1-3H3/b10-7-,12-9-,19-16-,21-18-,27-25-,33-30-,36-32-.